The molecule has 1 aromatic heterocycles. The summed E-state index contributed by atoms with van der Waals surface area (Å²) in [5, 5.41) is 8.19. The van der Waals surface area contributed by atoms with Crippen LogP contribution in [0.4, 0.5) is 0 Å². The molecule has 144 valence electrons. The third-order valence-electron chi connectivity index (χ3n) is 4.92. The van der Waals surface area contributed by atoms with Gasteiger partial charge < -0.3 is 19.1 Å². The third-order valence-corrected chi connectivity index (χ3v) is 4.92. The largest absolute Gasteiger partial charge is 0.493 e. The summed E-state index contributed by atoms with van der Waals surface area (Å²) in [6, 6.07) is 5.73. The van der Waals surface area contributed by atoms with E-state index in [-0.39, 0.29) is 12.0 Å². The van der Waals surface area contributed by atoms with E-state index in [9.17, 15) is 4.79 Å². The Morgan fingerprint density at radius 2 is 2.26 bits per heavy atom. The number of benzene rings is 1. The number of hydrogen-bond acceptors (Lipinski definition) is 6. The predicted octanol–water partition coefficient (Wildman–Crippen LogP) is 1.89. The number of carbonyl (C=O) groups excluding carboxylic acids is 1. The van der Waals surface area contributed by atoms with E-state index in [0.29, 0.717) is 43.4 Å². The maximum Gasteiger partial charge on any atom is 0.276 e. The molecule has 1 unspecified atom stereocenters. The van der Waals surface area contributed by atoms with Gasteiger partial charge in [0, 0.05) is 25.3 Å². The predicted molar refractivity (Wildman–Crippen MR) is 96.8 cm³/mol. The Bertz CT molecular complexity index is 801. The Hall–Kier alpha value is -2.61. The molecule has 8 heteroatoms. The van der Waals surface area contributed by atoms with E-state index in [1.165, 1.54) is 0 Å². The first-order valence-electron chi connectivity index (χ1n) is 9.34. The Morgan fingerprint density at radius 3 is 3.07 bits per heavy atom. The second-order valence-corrected chi connectivity index (χ2v) is 6.84. The summed E-state index contributed by atoms with van der Waals surface area (Å²) in [5.41, 5.74) is 1.29. The van der Waals surface area contributed by atoms with Crippen LogP contribution >= 0.6 is 0 Å². The van der Waals surface area contributed by atoms with E-state index < -0.39 is 0 Å². The quantitative estimate of drug-likeness (QED) is 0.816. The number of methoxy groups -OCH3 is 1. The van der Waals surface area contributed by atoms with Gasteiger partial charge in [0.1, 0.15) is 0 Å². The van der Waals surface area contributed by atoms with Crippen LogP contribution in [0.2, 0.25) is 0 Å². The lowest BCUT2D eigenvalue weighted by molar-refractivity contribution is 0.0714. The number of amides is 1. The number of hydrogen-bond donors (Lipinski definition) is 0. The van der Waals surface area contributed by atoms with Crippen molar-refractivity contribution in [3.05, 3.63) is 35.7 Å². The molecule has 1 atom stereocenters. The average molecular weight is 372 g/mol. The van der Waals surface area contributed by atoms with Crippen molar-refractivity contribution in [2.75, 3.05) is 26.9 Å². The maximum absolute atomic E-state index is 13.0. The first kappa shape index (κ1) is 17.8. The molecule has 1 saturated heterocycles. The number of para-hydroxylation sites is 1. The number of carbonyl (C=O) groups is 1. The maximum atomic E-state index is 13.0. The van der Waals surface area contributed by atoms with E-state index in [1.807, 2.05) is 18.2 Å². The van der Waals surface area contributed by atoms with Crippen molar-refractivity contribution < 1.29 is 19.0 Å². The minimum Gasteiger partial charge on any atom is -0.493 e. The Balaban J connectivity index is 1.50. The van der Waals surface area contributed by atoms with Gasteiger partial charge in [-0.05, 0) is 25.3 Å². The fourth-order valence-corrected chi connectivity index (χ4v) is 3.54. The normalized spacial score (nSPS) is 19.7. The molecular formula is C19H24N4O4. The zero-order chi connectivity index (χ0) is 18.6. The Labute approximate surface area is 158 Å². The van der Waals surface area contributed by atoms with Crippen LogP contribution in [-0.2, 0) is 17.8 Å². The number of rotatable bonds is 4. The molecule has 0 radical (unpaired) electrons. The van der Waals surface area contributed by atoms with Crippen molar-refractivity contribution in [3.63, 3.8) is 0 Å². The standard InChI is InChI=1S/C19H24N4O4/c1-25-17-7-2-5-14-11-22(8-4-10-27-18(14)17)19(24)16-13-23(21-20-16)12-15-6-3-9-26-15/h2,5,7,13,15H,3-4,6,8-12H2,1H3. The fourth-order valence-electron chi connectivity index (χ4n) is 3.54. The van der Waals surface area contributed by atoms with Crippen LogP contribution in [0.15, 0.2) is 24.4 Å². The highest BCUT2D eigenvalue weighted by molar-refractivity contribution is 5.92. The zero-order valence-electron chi connectivity index (χ0n) is 15.5. The van der Waals surface area contributed by atoms with Gasteiger partial charge in [0.15, 0.2) is 17.2 Å². The van der Waals surface area contributed by atoms with Crippen LogP contribution in [0, 0.1) is 0 Å². The van der Waals surface area contributed by atoms with Gasteiger partial charge in [-0.25, -0.2) is 4.68 Å². The summed E-state index contributed by atoms with van der Waals surface area (Å²) in [6.45, 7) is 3.01. The van der Waals surface area contributed by atoms with Crippen molar-refractivity contribution in [2.24, 2.45) is 0 Å². The minimum absolute atomic E-state index is 0.121. The fraction of sp³-hybridized carbons (Fsp3) is 0.526. The Kier molecular flexibility index (Phi) is 5.24. The second kappa shape index (κ2) is 7.96. The van der Waals surface area contributed by atoms with Gasteiger partial charge in [0.25, 0.3) is 5.91 Å². The Morgan fingerprint density at radius 1 is 1.33 bits per heavy atom. The van der Waals surface area contributed by atoms with E-state index in [0.717, 1.165) is 31.4 Å². The molecule has 0 bridgehead atoms. The van der Waals surface area contributed by atoms with Crippen LogP contribution in [0.25, 0.3) is 0 Å². The van der Waals surface area contributed by atoms with Gasteiger partial charge in [0.2, 0.25) is 0 Å². The molecule has 2 aliphatic rings. The smallest absolute Gasteiger partial charge is 0.276 e. The SMILES string of the molecule is COc1cccc2c1OCCCN(C(=O)c1cn(CC3CCCO3)nn1)C2. The molecule has 4 rings (SSSR count). The lowest BCUT2D eigenvalue weighted by Crippen LogP contribution is -2.34. The van der Waals surface area contributed by atoms with Crippen molar-refractivity contribution in [1.82, 2.24) is 19.9 Å². The van der Waals surface area contributed by atoms with E-state index in [2.05, 4.69) is 10.3 Å². The molecule has 27 heavy (non-hydrogen) atoms. The van der Waals surface area contributed by atoms with E-state index in [4.69, 9.17) is 14.2 Å². The summed E-state index contributed by atoms with van der Waals surface area (Å²) in [7, 11) is 1.62. The van der Waals surface area contributed by atoms with Gasteiger partial charge in [-0.1, -0.05) is 17.3 Å². The van der Waals surface area contributed by atoms with Crippen LogP contribution < -0.4 is 9.47 Å². The lowest BCUT2D eigenvalue weighted by atomic mass is 10.1. The highest BCUT2D eigenvalue weighted by atomic mass is 16.5. The van der Waals surface area contributed by atoms with E-state index in [1.54, 1.807) is 22.9 Å². The average Bonchev–Trinajstić information content (AvgIpc) is 3.34. The van der Waals surface area contributed by atoms with Gasteiger partial charge in [-0.2, -0.15) is 0 Å². The number of aromatic nitrogens is 3. The molecule has 1 amide bonds. The first-order valence-corrected chi connectivity index (χ1v) is 9.34. The molecule has 1 fully saturated rings. The molecule has 3 heterocycles. The molecule has 0 aliphatic carbocycles. The van der Waals surface area contributed by atoms with Gasteiger partial charge in [-0.15, -0.1) is 5.10 Å². The van der Waals surface area contributed by atoms with E-state index >= 15 is 0 Å². The highest BCUT2D eigenvalue weighted by Crippen LogP contribution is 2.33. The molecule has 2 aromatic rings. The summed E-state index contributed by atoms with van der Waals surface area (Å²) in [5.74, 6) is 1.27. The van der Waals surface area contributed by atoms with Gasteiger partial charge >= 0.3 is 0 Å². The van der Waals surface area contributed by atoms with Crippen molar-refractivity contribution >= 4 is 5.91 Å². The van der Waals surface area contributed by atoms with Crippen LogP contribution in [0.1, 0.15) is 35.3 Å². The summed E-state index contributed by atoms with van der Waals surface area (Å²) < 4.78 is 18.6. The van der Waals surface area contributed by atoms with Crippen molar-refractivity contribution in [1.29, 1.82) is 0 Å². The minimum atomic E-state index is -0.121. The molecule has 0 spiro atoms. The van der Waals surface area contributed by atoms with Crippen molar-refractivity contribution in [3.8, 4) is 11.5 Å². The molecule has 1 aromatic carbocycles. The number of fused-ring (bicyclic) bond motifs is 1. The summed E-state index contributed by atoms with van der Waals surface area (Å²) in [4.78, 5) is 14.8. The second-order valence-electron chi connectivity index (χ2n) is 6.84. The van der Waals surface area contributed by atoms with Gasteiger partial charge in [-0.3, -0.25) is 4.79 Å². The number of ether oxygens (including phenoxy) is 3. The van der Waals surface area contributed by atoms with Crippen LogP contribution in [0.5, 0.6) is 11.5 Å². The molecular weight excluding hydrogens is 348 g/mol. The van der Waals surface area contributed by atoms with Crippen LogP contribution in [0.3, 0.4) is 0 Å². The summed E-state index contributed by atoms with van der Waals surface area (Å²) >= 11 is 0. The molecule has 8 nitrogen and oxygen atoms in total. The first-order chi connectivity index (χ1) is 13.2. The van der Waals surface area contributed by atoms with Crippen molar-refractivity contribution in [2.45, 2.75) is 38.5 Å². The van der Waals surface area contributed by atoms with Crippen LogP contribution in [-0.4, -0.2) is 58.8 Å². The molecule has 0 N–H and O–H groups in total. The monoisotopic (exact) mass is 372 g/mol. The van der Waals surface area contributed by atoms with Gasteiger partial charge in [0.05, 0.1) is 32.6 Å². The summed E-state index contributed by atoms with van der Waals surface area (Å²) in [6.07, 6.45) is 4.71. The zero-order valence-corrected chi connectivity index (χ0v) is 15.5. The number of nitrogens with zero attached hydrogens (tertiary/aromatic N) is 4. The lowest BCUT2D eigenvalue weighted by Gasteiger charge is -2.26. The third kappa shape index (κ3) is 3.90. The molecule has 0 saturated carbocycles. The highest BCUT2D eigenvalue weighted by Gasteiger charge is 2.24. The molecule has 2 aliphatic heterocycles. The topological polar surface area (TPSA) is 78.7 Å².